The van der Waals surface area contributed by atoms with E-state index >= 15 is 0 Å². The Morgan fingerprint density at radius 3 is 2.57 bits per heavy atom. The molecule has 0 saturated heterocycles. The predicted octanol–water partition coefficient (Wildman–Crippen LogP) is 2.34. The highest BCUT2D eigenvalue weighted by Crippen LogP contribution is 2.17. The minimum absolute atomic E-state index is 0.126. The van der Waals surface area contributed by atoms with Crippen LogP contribution >= 0.6 is 11.6 Å². The lowest BCUT2D eigenvalue weighted by molar-refractivity contribution is 0.590. The van der Waals surface area contributed by atoms with Gasteiger partial charge in [0.1, 0.15) is 0 Å². The average molecular weight is 213 g/mol. The highest BCUT2D eigenvalue weighted by atomic mass is 35.5. The maximum absolute atomic E-state index is 6.01. The number of nitrogens with two attached hydrogens (primary N) is 1. The van der Waals surface area contributed by atoms with E-state index in [2.05, 4.69) is 5.32 Å². The number of halogens is 1. The molecule has 3 heteroatoms. The van der Waals surface area contributed by atoms with Gasteiger partial charge in [-0.1, -0.05) is 23.7 Å². The summed E-state index contributed by atoms with van der Waals surface area (Å²) in [4.78, 5) is 0. The smallest absolute Gasteiger partial charge is 0.0406 e. The first-order valence-electron chi connectivity index (χ1n) is 4.89. The molecule has 0 heterocycles. The molecule has 0 aromatic heterocycles. The van der Waals surface area contributed by atoms with Gasteiger partial charge in [-0.2, -0.15) is 0 Å². The third-order valence-electron chi connectivity index (χ3n) is 2.24. The summed E-state index contributed by atoms with van der Waals surface area (Å²) in [7, 11) is 1.95. The van der Waals surface area contributed by atoms with E-state index in [0.717, 1.165) is 30.0 Å². The van der Waals surface area contributed by atoms with E-state index in [1.165, 1.54) is 0 Å². The van der Waals surface area contributed by atoms with Crippen molar-refractivity contribution in [2.75, 3.05) is 13.6 Å². The Morgan fingerprint density at radius 2 is 2.00 bits per heavy atom. The molecule has 0 saturated carbocycles. The van der Waals surface area contributed by atoms with Gasteiger partial charge in [0.25, 0.3) is 0 Å². The zero-order valence-corrected chi connectivity index (χ0v) is 9.22. The molecule has 14 heavy (non-hydrogen) atoms. The van der Waals surface area contributed by atoms with Crippen molar-refractivity contribution in [2.24, 2.45) is 5.73 Å². The summed E-state index contributed by atoms with van der Waals surface area (Å²) >= 11 is 5.79. The van der Waals surface area contributed by atoms with Crippen LogP contribution in [0.25, 0.3) is 0 Å². The Balaban J connectivity index is 2.43. The summed E-state index contributed by atoms with van der Waals surface area (Å²) < 4.78 is 0. The van der Waals surface area contributed by atoms with E-state index < -0.39 is 0 Å². The van der Waals surface area contributed by atoms with Gasteiger partial charge in [0.05, 0.1) is 0 Å². The first-order valence-corrected chi connectivity index (χ1v) is 5.27. The largest absolute Gasteiger partial charge is 0.324 e. The van der Waals surface area contributed by atoms with E-state index in [0.29, 0.717) is 0 Å². The Bertz CT molecular complexity index is 258. The SMILES string of the molecule is CNCCCC(N)c1ccc(Cl)cc1. The van der Waals surface area contributed by atoms with Crippen LogP contribution in [0.15, 0.2) is 24.3 Å². The maximum atomic E-state index is 6.01. The van der Waals surface area contributed by atoms with Crippen molar-refractivity contribution in [1.29, 1.82) is 0 Å². The molecular formula is C11H17ClN2. The van der Waals surface area contributed by atoms with Crippen LogP contribution < -0.4 is 11.1 Å². The van der Waals surface area contributed by atoms with Gasteiger partial charge in [0.15, 0.2) is 0 Å². The first kappa shape index (κ1) is 11.5. The zero-order chi connectivity index (χ0) is 10.4. The van der Waals surface area contributed by atoms with Crippen LogP contribution in [0.2, 0.25) is 5.02 Å². The molecular weight excluding hydrogens is 196 g/mol. The van der Waals surface area contributed by atoms with Crippen LogP contribution in [0.1, 0.15) is 24.4 Å². The molecule has 3 N–H and O–H groups in total. The van der Waals surface area contributed by atoms with Gasteiger partial charge in [-0.05, 0) is 44.1 Å². The molecule has 0 amide bonds. The summed E-state index contributed by atoms with van der Waals surface area (Å²) in [5, 5.41) is 3.87. The molecule has 1 rings (SSSR count). The summed E-state index contributed by atoms with van der Waals surface area (Å²) in [6, 6.07) is 7.88. The Hall–Kier alpha value is -0.570. The van der Waals surface area contributed by atoms with Crippen LogP contribution in [0.4, 0.5) is 0 Å². The highest BCUT2D eigenvalue weighted by Gasteiger charge is 2.04. The molecule has 78 valence electrons. The van der Waals surface area contributed by atoms with Gasteiger partial charge < -0.3 is 11.1 Å². The molecule has 0 aliphatic carbocycles. The average Bonchev–Trinajstić information content (AvgIpc) is 2.19. The molecule has 0 bridgehead atoms. The van der Waals surface area contributed by atoms with Crippen molar-refractivity contribution in [2.45, 2.75) is 18.9 Å². The summed E-state index contributed by atoms with van der Waals surface area (Å²) in [6.45, 7) is 1.02. The van der Waals surface area contributed by atoms with E-state index in [-0.39, 0.29) is 6.04 Å². The van der Waals surface area contributed by atoms with E-state index in [1.807, 2.05) is 31.3 Å². The quantitative estimate of drug-likeness (QED) is 0.736. The molecule has 2 nitrogen and oxygen atoms in total. The second-order valence-electron chi connectivity index (χ2n) is 3.40. The van der Waals surface area contributed by atoms with Crippen molar-refractivity contribution in [3.05, 3.63) is 34.9 Å². The van der Waals surface area contributed by atoms with Crippen molar-refractivity contribution in [3.63, 3.8) is 0 Å². The first-order chi connectivity index (χ1) is 6.74. The maximum Gasteiger partial charge on any atom is 0.0406 e. The number of hydrogen-bond acceptors (Lipinski definition) is 2. The van der Waals surface area contributed by atoms with Crippen LogP contribution in [0.3, 0.4) is 0 Å². The van der Waals surface area contributed by atoms with Crippen molar-refractivity contribution in [3.8, 4) is 0 Å². The molecule has 0 radical (unpaired) electrons. The van der Waals surface area contributed by atoms with Gasteiger partial charge in [0, 0.05) is 11.1 Å². The van der Waals surface area contributed by atoms with Crippen LogP contribution in [-0.2, 0) is 0 Å². The van der Waals surface area contributed by atoms with Crippen molar-refractivity contribution in [1.82, 2.24) is 5.32 Å². The fraction of sp³-hybridized carbons (Fsp3) is 0.455. The van der Waals surface area contributed by atoms with Gasteiger partial charge >= 0.3 is 0 Å². The molecule has 0 aliphatic rings. The second kappa shape index (κ2) is 6.02. The molecule has 1 aromatic rings. The Labute approximate surface area is 90.4 Å². The van der Waals surface area contributed by atoms with Gasteiger partial charge in [-0.15, -0.1) is 0 Å². The fourth-order valence-corrected chi connectivity index (χ4v) is 1.50. The lowest BCUT2D eigenvalue weighted by Gasteiger charge is -2.11. The minimum Gasteiger partial charge on any atom is -0.324 e. The highest BCUT2D eigenvalue weighted by molar-refractivity contribution is 6.30. The molecule has 0 fully saturated rings. The lowest BCUT2D eigenvalue weighted by atomic mass is 10.0. The number of rotatable bonds is 5. The molecule has 1 aromatic carbocycles. The van der Waals surface area contributed by atoms with Crippen LogP contribution in [-0.4, -0.2) is 13.6 Å². The minimum atomic E-state index is 0.126. The summed E-state index contributed by atoms with van der Waals surface area (Å²) in [5.74, 6) is 0. The van der Waals surface area contributed by atoms with E-state index in [9.17, 15) is 0 Å². The van der Waals surface area contributed by atoms with Gasteiger partial charge in [-0.3, -0.25) is 0 Å². The third-order valence-corrected chi connectivity index (χ3v) is 2.49. The molecule has 1 unspecified atom stereocenters. The molecule has 1 atom stereocenters. The van der Waals surface area contributed by atoms with E-state index in [1.54, 1.807) is 0 Å². The van der Waals surface area contributed by atoms with Crippen molar-refractivity contribution < 1.29 is 0 Å². The lowest BCUT2D eigenvalue weighted by Crippen LogP contribution is -2.14. The summed E-state index contributed by atoms with van der Waals surface area (Å²) in [5.41, 5.74) is 7.17. The molecule has 0 spiro atoms. The topological polar surface area (TPSA) is 38.0 Å². The summed E-state index contributed by atoms with van der Waals surface area (Å²) in [6.07, 6.45) is 2.10. The Morgan fingerprint density at radius 1 is 1.36 bits per heavy atom. The fourth-order valence-electron chi connectivity index (χ4n) is 1.38. The number of hydrogen-bond donors (Lipinski definition) is 2. The van der Waals surface area contributed by atoms with Crippen molar-refractivity contribution >= 4 is 11.6 Å². The standard InChI is InChI=1S/C11H17ClN2/c1-14-8-2-3-11(13)9-4-6-10(12)7-5-9/h4-7,11,14H,2-3,8,13H2,1H3. The number of nitrogens with one attached hydrogen (secondary N) is 1. The van der Waals surface area contributed by atoms with Crippen LogP contribution in [0, 0.1) is 0 Å². The van der Waals surface area contributed by atoms with E-state index in [4.69, 9.17) is 17.3 Å². The normalized spacial score (nSPS) is 12.8. The number of benzene rings is 1. The van der Waals surface area contributed by atoms with Gasteiger partial charge in [-0.25, -0.2) is 0 Å². The van der Waals surface area contributed by atoms with Gasteiger partial charge in [0.2, 0.25) is 0 Å². The van der Waals surface area contributed by atoms with Crippen LogP contribution in [0.5, 0.6) is 0 Å². The monoisotopic (exact) mass is 212 g/mol. The zero-order valence-electron chi connectivity index (χ0n) is 8.46. The third kappa shape index (κ3) is 3.66. The molecule has 0 aliphatic heterocycles. The predicted molar refractivity (Wildman–Crippen MR) is 61.5 cm³/mol. The second-order valence-corrected chi connectivity index (χ2v) is 3.84. The Kier molecular flexibility index (Phi) is 4.94.